The molecule has 2 aromatic heterocycles. The zero-order chi connectivity index (χ0) is 17.3. The number of benzene rings is 1. The van der Waals surface area contributed by atoms with E-state index < -0.39 is 10.0 Å². The van der Waals surface area contributed by atoms with Gasteiger partial charge in [-0.1, -0.05) is 35.5 Å². The minimum absolute atomic E-state index is 0.00529. The topological polar surface area (TPSA) is 89.2 Å². The van der Waals surface area contributed by atoms with Gasteiger partial charge in [0.05, 0.1) is 11.7 Å². The van der Waals surface area contributed by atoms with Crippen LogP contribution in [0.4, 0.5) is 0 Å². The van der Waals surface area contributed by atoms with Crippen LogP contribution in [0.1, 0.15) is 17.4 Å². The predicted molar refractivity (Wildman–Crippen MR) is 90.9 cm³/mol. The van der Waals surface area contributed by atoms with Crippen LogP contribution in [0.2, 0.25) is 0 Å². The number of pyridine rings is 1. The van der Waals surface area contributed by atoms with Crippen LogP contribution in [0.25, 0.3) is 11.4 Å². The molecular weight excluding hydrogens is 340 g/mol. The minimum Gasteiger partial charge on any atom is -0.339 e. The van der Waals surface area contributed by atoms with E-state index in [2.05, 4.69) is 15.1 Å². The van der Waals surface area contributed by atoms with E-state index in [-0.39, 0.29) is 11.7 Å². The van der Waals surface area contributed by atoms with Crippen molar-refractivity contribution in [2.75, 3.05) is 13.1 Å². The third kappa shape index (κ3) is 3.31. The number of hydrogen-bond donors (Lipinski definition) is 0. The maximum absolute atomic E-state index is 12.4. The van der Waals surface area contributed by atoms with Crippen molar-refractivity contribution in [3.63, 3.8) is 0 Å². The molecule has 0 atom stereocenters. The van der Waals surface area contributed by atoms with Crippen LogP contribution in [0.15, 0.2) is 59.4 Å². The zero-order valence-corrected chi connectivity index (χ0v) is 14.1. The van der Waals surface area contributed by atoms with Gasteiger partial charge in [0.25, 0.3) is 0 Å². The van der Waals surface area contributed by atoms with Crippen LogP contribution in [0.3, 0.4) is 0 Å². The van der Waals surface area contributed by atoms with Crippen molar-refractivity contribution in [1.82, 2.24) is 19.4 Å². The fourth-order valence-electron chi connectivity index (χ4n) is 2.71. The maximum Gasteiger partial charge on any atom is 0.232 e. The Morgan fingerprint density at radius 2 is 1.92 bits per heavy atom. The zero-order valence-electron chi connectivity index (χ0n) is 13.3. The van der Waals surface area contributed by atoms with Crippen molar-refractivity contribution in [2.24, 2.45) is 0 Å². The number of sulfonamides is 1. The smallest absolute Gasteiger partial charge is 0.232 e. The van der Waals surface area contributed by atoms with Crippen LogP contribution >= 0.6 is 0 Å². The molecule has 0 aliphatic carbocycles. The molecule has 4 rings (SSSR count). The summed E-state index contributed by atoms with van der Waals surface area (Å²) < 4.78 is 31.6. The molecule has 0 N–H and O–H groups in total. The van der Waals surface area contributed by atoms with Crippen LogP contribution < -0.4 is 0 Å². The molecule has 1 aliphatic heterocycles. The summed E-state index contributed by atoms with van der Waals surface area (Å²) in [4.78, 5) is 8.39. The highest BCUT2D eigenvalue weighted by atomic mass is 32.2. The molecule has 25 heavy (non-hydrogen) atoms. The average Bonchev–Trinajstić information content (AvgIpc) is 3.04. The van der Waals surface area contributed by atoms with E-state index in [0.29, 0.717) is 24.8 Å². The molecule has 8 heteroatoms. The number of hydrogen-bond acceptors (Lipinski definition) is 6. The van der Waals surface area contributed by atoms with Gasteiger partial charge in [-0.25, -0.2) is 8.42 Å². The first-order chi connectivity index (χ1) is 12.1. The Hall–Kier alpha value is -2.58. The Balaban J connectivity index is 1.41. The quantitative estimate of drug-likeness (QED) is 0.695. The predicted octanol–water partition coefficient (Wildman–Crippen LogP) is 2.06. The third-order valence-electron chi connectivity index (χ3n) is 4.14. The molecule has 0 amide bonds. The van der Waals surface area contributed by atoms with Crippen molar-refractivity contribution >= 4 is 10.0 Å². The molecule has 0 bridgehead atoms. The Morgan fingerprint density at radius 3 is 2.64 bits per heavy atom. The average molecular weight is 356 g/mol. The molecule has 0 unspecified atom stereocenters. The molecule has 1 fully saturated rings. The summed E-state index contributed by atoms with van der Waals surface area (Å²) in [6, 6.07) is 12.8. The van der Waals surface area contributed by atoms with Crippen LogP contribution in [-0.4, -0.2) is 40.9 Å². The minimum atomic E-state index is -3.33. The lowest BCUT2D eigenvalue weighted by Gasteiger charge is -2.35. The van der Waals surface area contributed by atoms with Gasteiger partial charge in [0, 0.05) is 31.0 Å². The van der Waals surface area contributed by atoms with Gasteiger partial charge in [0.1, 0.15) is 0 Å². The normalized spacial score (nSPS) is 15.8. The first kappa shape index (κ1) is 15.9. The lowest BCUT2D eigenvalue weighted by atomic mass is 10.0. The molecule has 128 valence electrons. The van der Waals surface area contributed by atoms with Gasteiger partial charge >= 0.3 is 0 Å². The van der Waals surface area contributed by atoms with Gasteiger partial charge in [-0.2, -0.15) is 9.29 Å². The molecule has 0 saturated carbocycles. The molecule has 0 radical (unpaired) electrons. The van der Waals surface area contributed by atoms with Crippen molar-refractivity contribution in [3.8, 4) is 11.4 Å². The van der Waals surface area contributed by atoms with E-state index in [0.717, 1.165) is 11.1 Å². The van der Waals surface area contributed by atoms with E-state index in [1.807, 2.05) is 36.4 Å². The lowest BCUT2D eigenvalue weighted by Crippen LogP contribution is -2.48. The first-order valence-corrected chi connectivity index (χ1v) is 9.48. The van der Waals surface area contributed by atoms with Crippen molar-refractivity contribution < 1.29 is 12.9 Å². The van der Waals surface area contributed by atoms with E-state index in [1.54, 1.807) is 18.5 Å². The monoisotopic (exact) mass is 356 g/mol. The Bertz CT molecular complexity index is 952. The summed E-state index contributed by atoms with van der Waals surface area (Å²) in [5, 5.41) is 3.95. The number of aromatic nitrogens is 3. The molecule has 7 nitrogen and oxygen atoms in total. The Morgan fingerprint density at radius 1 is 1.12 bits per heavy atom. The summed E-state index contributed by atoms with van der Waals surface area (Å²) in [6.07, 6.45) is 3.33. The third-order valence-corrected chi connectivity index (χ3v) is 5.93. The lowest BCUT2D eigenvalue weighted by molar-refractivity contribution is 0.216. The summed E-state index contributed by atoms with van der Waals surface area (Å²) in [5.41, 5.74) is 1.55. The van der Waals surface area contributed by atoms with Gasteiger partial charge in [0.2, 0.25) is 21.7 Å². The Kier molecular flexibility index (Phi) is 4.06. The van der Waals surface area contributed by atoms with Gasteiger partial charge in [0.15, 0.2) is 0 Å². The molecule has 0 spiro atoms. The van der Waals surface area contributed by atoms with Gasteiger partial charge in [-0.3, -0.25) is 4.98 Å². The van der Waals surface area contributed by atoms with E-state index >= 15 is 0 Å². The van der Waals surface area contributed by atoms with Gasteiger partial charge in [-0.05, 0) is 17.7 Å². The van der Waals surface area contributed by atoms with Crippen LogP contribution in [0.5, 0.6) is 0 Å². The van der Waals surface area contributed by atoms with Crippen molar-refractivity contribution in [3.05, 3.63) is 66.3 Å². The highest BCUT2D eigenvalue weighted by Gasteiger charge is 2.39. The second kappa shape index (κ2) is 6.38. The second-order valence-electron chi connectivity index (χ2n) is 5.95. The molecule has 1 aromatic carbocycles. The van der Waals surface area contributed by atoms with Gasteiger partial charge < -0.3 is 4.52 Å². The highest BCUT2D eigenvalue weighted by molar-refractivity contribution is 7.88. The SMILES string of the molecule is O=S(=O)(Cc1ccccc1)N1CC(c2nc(-c3cccnc3)no2)C1. The fraction of sp³-hybridized carbons (Fsp3) is 0.235. The molecule has 3 heterocycles. The molecule has 3 aromatic rings. The maximum atomic E-state index is 12.4. The van der Waals surface area contributed by atoms with Crippen molar-refractivity contribution in [2.45, 2.75) is 11.7 Å². The molecule has 1 aliphatic rings. The van der Waals surface area contributed by atoms with E-state index in [1.165, 1.54) is 4.31 Å². The van der Waals surface area contributed by atoms with Gasteiger partial charge in [-0.15, -0.1) is 0 Å². The van der Waals surface area contributed by atoms with Crippen molar-refractivity contribution in [1.29, 1.82) is 0 Å². The van der Waals surface area contributed by atoms with E-state index in [9.17, 15) is 8.42 Å². The second-order valence-corrected chi connectivity index (χ2v) is 7.92. The Labute approximate surface area is 145 Å². The summed E-state index contributed by atoms with van der Waals surface area (Å²) in [5.74, 6) is 0.868. The first-order valence-electron chi connectivity index (χ1n) is 7.87. The molecule has 1 saturated heterocycles. The van der Waals surface area contributed by atoms with E-state index in [4.69, 9.17) is 4.52 Å². The van der Waals surface area contributed by atoms with Crippen LogP contribution in [0, 0.1) is 0 Å². The molecular formula is C17H16N4O3S. The fourth-order valence-corrected chi connectivity index (χ4v) is 4.32. The summed E-state index contributed by atoms with van der Waals surface area (Å²) in [7, 11) is -3.33. The largest absolute Gasteiger partial charge is 0.339 e. The standard InChI is InChI=1S/C17H16N4O3S/c22-25(23,12-13-5-2-1-3-6-13)21-10-15(11-21)17-19-16(20-24-17)14-7-4-8-18-9-14/h1-9,15H,10-12H2. The summed E-state index contributed by atoms with van der Waals surface area (Å²) in [6.45, 7) is 0.730. The highest BCUT2D eigenvalue weighted by Crippen LogP contribution is 2.30. The summed E-state index contributed by atoms with van der Waals surface area (Å²) >= 11 is 0. The number of rotatable bonds is 5. The van der Waals surface area contributed by atoms with Crippen LogP contribution in [-0.2, 0) is 15.8 Å². The number of nitrogens with zero attached hydrogens (tertiary/aromatic N) is 4.